The van der Waals surface area contributed by atoms with Crippen molar-refractivity contribution in [3.63, 3.8) is 0 Å². The molecule has 0 spiro atoms. The first-order valence-electron chi connectivity index (χ1n) is 11.7. The lowest BCUT2D eigenvalue weighted by Gasteiger charge is -2.20. The van der Waals surface area contributed by atoms with Crippen LogP contribution in [-0.2, 0) is 0 Å². The molecule has 5 aromatic rings. The Kier molecular flexibility index (Phi) is 6.39. The molecule has 0 heterocycles. The van der Waals surface area contributed by atoms with Crippen molar-refractivity contribution in [1.82, 2.24) is 0 Å². The van der Waals surface area contributed by atoms with Crippen LogP contribution >= 0.6 is 0 Å². The fourth-order valence-corrected chi connectivity index (χ4v) is 4.67. The molecule has 0 radical (unpaired) electrons. The van der Waals surface area contributed by atoms with Crippen molar-refractivity contribution in [3.8, 4) is 61.8 Å². The molecular formula is C30H20N2O7. The third-order valence-corrected chi connectivity index (χ3v) is 6.32. The van der Waals surface area contributed by atoms with Crippen molar-refractivity contribution in [2.24, 2.45) is 0 Å². The maximum Gasteiger partial charge on any atom is 0.285 e. The molecule has 0 aliphatic carbocycles. The van der Waals surface area contributed by atoms with Crippen molar-refractivity contribution in [2.45, 2.75) is 0 Å². The molecule has 0 aliphatic rings. The molecule has 0 bridgehead atoms. The van der Waals surface area contributed by atoms with Gasteiger partial charge in [-0.15, -0.1) is 0 Å². The topological polar surface area (TPSA) is 147 Å². The molecule has 0 saturated carbocycles. The molecule has 0 atom stereocenters. The van der Waals surface area contributed by atoms with E-state index in [1.807, 2.05) is 0 Å². The zero-order chi connectivity index (χ0) is 27.7. The predicted octanol–water partition coefficient (Wildman–Crippen LogP) is 7.29. The molecular weight excluding hydrogens is 500 g/mol. The summed E-state index contributed by atoms with van der Waals surface area (Å²) in [5.74, 6) is -0.711. The number of hydrogen-bond acceptors (Lipinski definition) is 7. The molecule has 0 aliphatic heterocycles. The summed E-state index contributed by atoms with van der Waals surface area (Å²) in [7, 11) is 0. The molecule has 9 nitrogen and oxygen atoms in total. The zero-order valence-electron chi connectivity index (χ0n) is 20.2. The number of nitrogens with zero attached hydrogens (tertiary/aromatic N) is 2. The molecule has 0 fully saturated rings. The number of hydrogen-bond donors (Lipinski definition) is 3. The van der Waals surface area contributed by atoms with Gasteiger partial charge in [0.15, 0.2) is 0 Å². The lowest BCUT2D eigenvalue weighted by atomic mass is 9.82. The standard InChI is InChI=1S/C30H20N2O7/c33-22-11-5-9-20(15-22)28-29(24-13-12-23(34)16-27(24)35)25(19-8-4-10-21(14-19)31(36)37)17-26(30(28)32(38)39)18-6-2-1-3-7-18/h1-17,33-35H. The Hall–Kier alpha value is -5.70. The first-order valence-corrected chi connectivity index (χ1v) is 11.7. The Morgan fingerprint density at radius 1 is 0.513 bits per heavy atom. The molecule has 0 aromatic heterocycles. The van der Waals surface area contributed by atoms with E-state index in [1.165, 1.54) is 48.5 Å². The SMILES string of the molecule is O=[N+]([O-])c1cccc(-c2cc(-c3ccccc3)c([N+](=O)[O-])c(-c3cccc(O)c3)c2-c2ccc(O)cc2O)c1. The van der Waals surface area contributed by atoms with Crippen LogP contribution in [0.2, 0.25) is 0 Å². The number of non-ortho nitro benzene ring substituents is 1. The van der Waals surface area contributed by atoms with Crippen LogP contribution in [0.1, 0.15) is 0 Å². The van der Waals surface area contributed by atoms with E-state index in [-0.39, 0.29) is 56.4 Å². The van der Waals surface area contributed by atoms with Gasteiger partial charge in [0.1, 0.15) is 17.2 Å². The van der Waals surface area contributed by atoms with Crippen molar-refractivity contribution >= 4 is 11.4 Å². The second-order valence-corrected chi connectivity index (χ2v) is 8.75. The maximum atomic E-state index is 12.7. The molecule has 0 amide bonds. The number of phenols is 3. The highest BCUT2D eigenvalue weighted by Gasteiger charge is 2.31. The van der Waals surface area contributed by atoms with Gasteiger partial charge in [-0.05, 0) is 52.6 Å². The van der Waals surface area contributed by atoms with Crippen molar-refractivity contribution in [3.05, 3.63) is 123 Å². The summed E-state index contributed by atoms with van der Waals surface area (Å²) < 4.78 is 0. The van der Waals surface area contributed by atoms with Gasteiger partial charge in [-0.1, -0.05) is 54.6 Å². The van der Waals surface area contributed by atoms with Crippen LogP contribution in [0.25, 0.3) is 44.5 Å². The average molecular weight is 520 g/mol. The van der Waals surface area contributed by atoms with Crippen LogP contribution < -0.4 is 0 Å². The summed E-state index contributed by atoms with van der Waals surface area (Å²) in [5.41, 5.74) is 1.74. The summed E-state index contributed by atoms with van der Waals surface area (Å²) in [6.45, 7) is 0. The number of phenolic OH excluding ortho intramolecular Hbond substituents is 3. The van der Waals surface area contributed by atoms with E-state index in [2.05, 4.69) is 0 Å². The van der Waals surface area contributed by atoms with Crippen LogP contribution in [-0.4, -0.2) is 25.2 Å². The van der Waals surface area contributed by atoms with E-state index in [4.69, 9.17) is 0 Å². The third kappa shape index (κ3) is 4.72. The fraction of sp³-hybridized carbons (Fsp3) is 0. The molecule has 3 N–H and O–H groups in total. The zero-order valence-corrected chi connectivity index (χ0v) is 20.2. The molecule has 39 heavy (non-hydrogen) atoms. The number of benzene rings is 5. The molecule has 192 valence electrons. The minimum Gasteiger partial charge on any atom is -0.508 e. The van der Waals surface area contributed by atoms with Gasteiger partial charge in [0.05, 0.1) is 21.0 Å². The van der Waals surface area contributed by atoms with E-state index >= 15 is 0 Å². The van der Waals surface area contributed by atoms with E-state index in [9.17, 15) is 35.5 Å². The molecule has 0 unspecified atom stereocenters. The van der Waals surface area contributed by atoms with E-state index in [1.54, 1.807) is 48.5 Å². The van der Waals surface area contributed by atoms with Gasteiger partial charge in [-0.2, -0.15) is 0 Å². The monoisotopic (exact) mass is 520 g/mol. The van der Waals surface area contributed by atoms with Gasteiger partial charge in [-0.3, -0.25) is 20.2 Å². The predicted molar refractivity (Wildman–Crippen MR) is 146 cm³/mol. The second kappa shape index (κ2) is 9.98. The van der Waals surface area contributed by atoms with Crippen molar-refractivity contribution in [2.75, 3.05) is 0 Å². The number of rotatable bonds is 6. The van der Waals surface area contributed by atoms with E-state index < -0.39 is 9.85 Å². The highest BCUT2D eigenvalue weighted by molar-refractivity contribution is 6.05. The number of nitro groups is 2. The number of aromatic hydroxyl groups is 3. The van der Waals surface area contributed by atoms with Crippen molar-refractivity contribution in [1.29, 1.82) is 0 Å². The van der Waals surface area contributed by atoms with Gasteiger partial charge in [0.2, 0.25) is 0 Å². The Morgan fingerprint density at radius 3 is 1.85 bits per heavy atom. The summed E-state index contributed by atoms with van der Waals surface area (Å²) in [4.78, 5) is 23.3. The summed E-state index contributed by atoms with van der Waals surface area (Å²) >= 11 is 0. The Morgan fingerprint density at radius 2 is 1.18 bits per heavy atom. The molecule has 5 rings (SSSR count). The molecule has 9 heteroatoms. The molecule has 5 aromatic carbocycles. The van der Waals surface area contributed by atoms with E-state index in [0.717, 1.165) is 6.07 Å². The largest absolute Gasteiger partial charge is 0.508 e. The van der Waals surface area contributed by atoms with Gasteiger partial charge >= 0.3 is 0 Å². The van der Waals surface area contributed by atoms with Crippen LogP contribution in [0.3, 0.4) is 0 Å². The van der Waals surface area contributed by atoms with Crippen LogP contribution in [0, 0.1) is 20.2 Å². The van der Waals surface area contributed by atoms with Crippen LogP contribution in [0.5, 0.6) is 17.2 Å². The lowest BCUT2D eigenvalue weighted by Crippen LogP contribution is -2.01. The van der Waals surface area contributed by atoms with Gasteiger partial charge in [-0.25, -0.2) is 0 Å². The van der Waals surface area contributed by atoms with Gasteiger partial charge in [0, 0.05) is 29.3 Å². The summed E-state index contributed by atoms with van der Waals surface area (Å²) in [5, 5.41) is 55.5. The highest BCUT2D eigenvalue weighted by atomic mass is 16.6. The minimum absolute atomic E-state index is 0.0831. The normalized spacial score (nSPS) is 10.8. The van der Waals surface area contributed by atoms with Gasteiger partial charge < -0.3 is 15.3 Å². The lowest BCUT2D eigenvalue weighted by molar-refractivity contribution is -0.384. The first kappa shape index (κ1) is 25.0. The molecule has 0 saturated heterocycles. The van der Waals surface area contributed by atoms with Crippen LogP contribution in [0.4, 0.5) is 11.4 Å². The minimum atomic E-state index is -0.541. The summed E-state index contributed by atoms with van der Waals surface area (Å²) in [6.07, 6.45) is 0. The second-order valence-electron chi connectivity index (χ2n) is 8.75. The Labute approximate surface area is 221 Å². The maximum absolute atomic E-state index is 12.7. The third-order valence-electron chi connectivity index (χ3n) is 6.32. The van der Waals surface area contributed by atoms with E-state index in [0.29, 0.717) is 16.7 Å². The number of nitro benzene ring substituents is 2. The summed E-state index contributed by atoms with van der Waals surface area (Å²) in [6, 6.07) is 25.8. The Bertz CT molecular complexity index is 1750. The van der Waals surface area contributed by atoms with Gasteiger partial charge in [0.25, 0.3) is 11.4 Å². The smallest absolute Gasteiger partial charge is 0.285 e. The van der Waals surface area contributed by atoms with Crippen LogP contribution in [0.15, 0.2) is 103 Å². The average Bonchev–Trinajstić information content (AvgIpc) is 2.92. The first-order chi connectivity index (χ1) is 18.7. The quantitative estimate of drug-likeness (QED) is 0.157. The highest BCUT2D eigenvalue weighted by Crippen LogP contribution is 2.52. The Balaban J connectivity index is 2.04. The van der Waals surface area contributed by atoms with Crippen molar-refractivity contribution < 1.29 is 25.2 Å². The fourth-order valence-electron chi connectivity index (χ4n) is 4.67.